The zero-order valence-electron chi connectivity index (χ0n) is 12.1. The van der Waals surface area contributed by atoms with E-state index in [0.717, 1.165) is 10.8 Å². The van der Waals surface area contributed by atoms with Crippen molar-refractivity contribution in [3.63, 3.8) is 0 Å². The van der Waals surface area contributed by atoms with Crippen LogP contribution in [0.3, 0.4) is 0 Å². The van der Waals surface area contributed by atoms with Crippen molar-refractivity contribution in [1.82, 2.24) is 0 Å². The Morgan fingerprint density at radius 1 is 0.909 bits per heavy atom. The van der Waals surface area contributed by atoms with Gasteiger partial charge in [-0.25, -0.2) is 8.42 Å². The van der Waals surface area contributed by atoms with Crippen molar-refractivity contribution in [2.24, 2.45) is 0 Å². The number of nitrogens with two attached hydrogens (primary N) is 1. The Morgan fingerprint density at radius 2 is 1.55 bits per heavy atom. The van der Waals surface area contributed by atoms with Crippen LogP contribution in [0.15, 0.2) is 71.6 Å². The molecule has 22 heavy (non-hydrogen) atoms. The number of hydrogen-bond donors (Lipinski definition) is 1. The largest absolute Gasteiger partial charge is 0.398 e. The Balaban J connectivity index is 2.11. The van der Waals surface area contributed by atoms with E-state index in [2.05, 4.69) is 0 Å². The molecule has 0 fully saturated rings. The molecule has 5 heteroatoms. The van der Waals surface area contributed by atoms with E-state index in [-0.39, 0.29) is 4.90 Å². The molecule has 3 aromatic carbocycles. The van der Waals surface area contributed by atoms with Crippen LogP contribution in [0.25, 0.3) is 10.8 Å². The molecule has 0 radical (unpaired) electrons. The summed E-state index contributed by atoms with van der Waals surface area (Å²) in [4.78, 5) is 0.254. The van der Waals surface area contributed by atoms with Gasteiger partial charge in [0, 0.05) is 18.1 Å². The highest BCUT2D eigenvalue weighted by Gasteiger charge is 2.21. The molecular weight excluding hydrogens is 296 g/mol. The second-order valence-electron chi connectivity index (χ2n) is 5.04. The monoisotopic (exact) mass is 312 g/mol. The molecule has 0 aliphatic carbocycles. The maximum Gasteiger partial charge on any atom is 0.264 e. The lowest BCUT2D eigenvalue weighted by Gasteiger charge is -2.20. The first-order chi connectivity index (χ1) is 10.5. The quantitative estimate of drug-likeness (QED) is 0.755. The summed E-state index contributed by atoms with van der Waals surface area (Å²) in [6.07, 6.45) is 0. The van der Waals surface area contributed by atoms with E-state index in [0.29, 0.717) is 11.4 Å². The predicted octanol–water partition coefficient (Wildman–Crippen LogP) is 3.25. The summed E-state index contributed by atoms with van der Waals surface area (Å²) < 4.78 is 26.6. The van der Waals surface area contributed by atoms with Crippen molar-refractivity contribution in [2.45, 2.75) is 4.90 Å². The van der Waals surface area contributed by atoms with Crippen LogP contribution in [0.5, 0.6) is 0 Å². The molecule has 0 unspecified atom stereocenters. The van der Waals surface area contributed by atoms with E-state index in [4.69, 9.17) is 5.73 Å². The van der Waals surface area contributed by atoms with Crippen LogP contribution in [0.4, 0.5) is 11.4 Å². The Kier molecular flexibility index (Phi) is 3.50. The number of benzene rings is 3. The van der Waals surface area contributed by atoms with Gasteiger partial charge in [0.25, 0.3) is 10.0 Å². The molecule has 0 amide bonds. The molecule has 0 bridgehead atoms. The third kappa shape index (κ3) is 2.40. The van der Waals surface area contributed by atoms with Crippen molar-refractivity contribution in [2.75, 3.05) is 17.1 Å². The first kappa shape index (κ1) is 14.4. The van der Waals surface area contributed by atoms with Crippen LogP contribution in [-0.2, 0) is 10.0 Å². The number of fused-ring (bicyclic) bond motifs is 1. The summed E-state index contributed by atoms with van der Waals surface area (Å²) in [5.41, 5.74) is 7.16. The highest BCUT2D eigenvalue weighted by atomic mass is 32.2. The molecule has 0 atom stereocenters. The molecule has 0 saturated heterocycles. The molecule has 3 rings (SSSR count). The maximum absolute atomic E-state index is 12.7. The molecule has 4 nitrogen and oxygen atoms in total. The summed E-state index contributed by atoms with van der Waals surface area (Å²) in [6, 6.07) is 19.5. The molecule has 0 saturated carbocycles. The van der Waals surface area contributed by atoms with Crippen molar-refractivity contribution in [3.05, 3.63) is 66.7 Å². The first-order valence-electron chi connectivity index (χ1n) is 6.82. The van der Waals surface area contributed by atoms with E-state index < -0.39 is 10.0 Å². The lowest BCUT2D eigenvalue weighted by Crippen LogP contribution is -2.26. The lowest BCUT2D eigenvalue weighted by atomic mass is 10.1. The van der Waals surface area contributed by atoms with Gasteiger partial charge in [0.2, 0.25) is 0 Å². The van der Waals surface area contributed by atoms with Crippen LogP contribution in [0, 0.1) is 0 Å². The van der Waals surface area contributed by atoms with Gasteiger partial charge in [0.15, 0.2) is 0 Å². The van der Waals surface area contributed by atoms with Crippen LogP contribution in [0.2, 0.25) is 0 Å². The fourth-order valence-corrected chi connectivity index (χ4v) is 3.60. The van der Waals surface area contributed by atoms with Gasteiger partial charge in [-0.05, 0) is 29.7 Å². The maximum atomic E-state index is 12.7. The highest BCUT2D eigenvalue weighted by molar-refractivity contribution is 7.92. The van der Waals surface area contributed by atoms with Crippen LogP contribution in [0.1, 0.15) is 0 Å². The second kappa shape index (κ2) is 5.35. The van der Waals surface area contributed by atoms with E-state index in [9.17, 15) is 8.42 Å². The van der Waals surface area contributed by atoms with Gasteiger partial charge in [-0.2, -0.15) is 0 Å². The lowest BCUT2D eigenvalue weighted by molar-refractivity contribution is 0.594. The van der Waals surface area contributed by atoms with Gasteiger partial charge < -0.3 is 5.73 Å². The molecule has 2 N–H and O–H groups in total. The van der Waals surface area contributed by atoms with Crippen molar-refractivity contribution in [1.29, 1.82) is 0 Å². The SMILES string of the molecule is CN(c1cc(N)c2ccccc2c1)S(=O)(=O)c1ccccc1. The Morgan fingerprint density at radius 3 is 2.27 bits per heavy atom. The number of nitrogen functional groups attached to an aromatic ring is 1. The minimum atomic E-state index is -3.60. The van der Waals surface area contributed by atoms with Gasteiger partial charge in [0.1, 0.15) is 0 Å². The van der Waals surface area contributed by atoms with E-state index >= 15 is 0 Å². The second-order valence-corrected chi connectivity index (χ2v) is 7.01. The van der Waals surface area contributed by atoms with E-state index in [1.54, 1.807) is 36.4 Å². The summed E-state index contributed by atoms with van der Waals surface area (Å²) in [5.74, 6) is 0. The van der Waals surface area contributed by atoms with Crippen LogP contribution < -0.4 is 10.0 Å². The van der Waals surface area contributed by atoms with Crippen LogP contribution >= 0.6 is 0 Å². The minimum absolute atomic E-state index is 0.254. The first-order valence-corrected chi connectivity index (χ1v) is 8.26. The Bertz CT molecular complexity index is 922. The Labute approximate surface area is 129 Å². The number of rotatable bonds is 3. The average Bonchev–Trinajstić information content (AvgIpc) is 2.55. The number of sulfonamides is 1. The average molecular weight is 312 g/mol. The van der Waals surface area contributed by atoms with E-state index in [1.165, 1.54) is 11.4 Å². The number of anilines is 2. The fraction of sp³-hybridized carbons (Fsp3) is 0.0588. The van der Waals surface area contributed by atoms with Gasteiger partial charge in [0.05, 0.1) is 10.6 Å². The molecule has 3 aromatic rings. The van der Waals surface area contributed by atoms with Gasteiger partial charge in [-0.1, -0.05) is 42.5 Å². The van der Waals surface area contributed by atoms with Crippen molar-refractivity contribution in [3.8, 4) is 0 Å². The third-order valence-electron chi connectivity index (χ3n) is 3.64. The minimum Gasteiger partial charge on any atom is -0.398 e. The molecule has 0 aliphatic rings. The van der Waals surface area contributed by atoms with Gasteiger partial charge >= 0.3 is 0 Å². The summed E-state index contributed by atoms with van der Waals surface area (Å²) in [6.45, 7) is 0. The smallest absolute Gasteiger partial charge is 0.264 e. The summed E-state index contributed by atoms with van der Waals surface area (Å²) in [5, 5.41) is 1.82. The molecule has 112 valence electrons. The topological polar surface area (TPSA) is 63.4 Å². The normalized spacial score (nSPS) is 11.5. The molecular formula is C17H16N2O2S. The predicted molar refractivity (Wildman–Crippen MR) is 90.4 cm³/mol. The molecule has 0 heterocycles. The molecule has 0 aliphatic heterocycles. The van der Waals surface area contributed by atoms with Gasteiger partial charge in [-0.15, -0.1) is 0 Å². The van der Waals surface area contributed by atoms with E-state index in [1.807, 2.05) is 30.3 Å². The summed E-state index contributed by atoms with van der Waals surface area (Å²) >= 11 is 0. The Hall–Kier alpha value is -2.53. The molecule has 0 aromatic heterocycles. The fourth-order valence-electron chi connectivity index (χ4n) is 2.39. The third-order valence-corrected chi connectivity index (χ3v) is 5.44. The van der Waals surface area contributed by atoms with Crippen molar-refractivity contribution < 1.29 is 8.42 Å². The number of hydrogen-bond acceptors (Lipinski definition) is 3. The zero-order chi connectivity index (χ0) is 15.7. The number of nitrogens with zero attached hydrogens (tertiary/aromatic N) is 1. The zero-order valence-corrected chi connectivity index (χ0v) is 12.9. The van der Waals surface area contributed by atoms with Crippen molar-refractivity contribution >= 4 is 32.2 Å². The standard InChI is InChI=1S/C17H16N2O2S/c1-19(22(20,21)15-8-3-2-4-9-15)14-11-13-7-5-6-10-16(13)17(18)12-14/h2-12H,18H2,1H3. The van der Waals surface area contributed by atoms with Gasteiger partial charge in [-0.3, -0.25) is 4.31 Å². The molecule has 0 spiro atoms. The summed E-state index contributed by atoms with van der Waals surface area (Å²) in [7, 11) is -2.07. The highest BCUT2D eigenvalue weighted by Crippen LogP contribution is 2.30. The van der Waals surface area contributed by atoms with Crippen LogP contribution in [-0.4, -0.2) is 15.5 Å².